The van der Waals surface area contributed by atoms with E-state index in [4.69, 9.17) is 0 Å². The van der Waals surface area contributed by atoms with Crippen LogP contribution in [-0.4, -0.2) is 46.6 Å². The van der Waals surface area contributed by atoms with Gasteiger partial charge in [0.25, 0.3) is 17.6 Å². The molecule has 1 fully saturated rings. The monoisotopic (exact) mass is 482 g/mol. The molecule has 3 aromatic rings. The molecule has 1 aliphatic rings. The number of piperidine rings is 1. The van der Waals surface area contributed by atoms with Gasteiger partial charge in [0.05, 0.1) is 11.3 Å². The summed E-state index contributed by atoms with van der Waals surface area (Å²) in [5, 5.41) is 6.27. The third-order valence-electron chi connectivity index (χ3n) is 5.57. The fourth-order valence-electron chi connectivity index (χ4n) is 3.83. The van der Waals surface area contributed by atoms with Gasteiger partial charge in [-0.05, 0) is 61.4 Å². The highest BCUT2D eigenvalue weighted by atomic mass is 32.2. The molecule has 4 rings (SSSR count). The Morgan fingerprint density at radius 3 is 2.32 bits per heavy atom. The summed E-state index contributed by atoms with van der Waals surface area (Å²) in [7, 11) is 0. The van der Waals surface area contributed by atoms with Crippen molar-refractivity contribution in [2.45, 2.75) is 29.5 Å². The van der Waals surface area contributed by atoms with Gasteiger partial charge >= 0.3 is 0 Å². The van der Waals surface area contributed by atoms with E-state index in [9.17, 15) is 18.4 Å². The van der Waals surface area contributed by atoms with Crippen LogP contribution in [0.1, 0.15) is 33.6 Å². The number of halogens is 2. The van der Waals surface area contributed by atoms with Crippen molar-refractivity contribution >= 4 is 35.0 Å². The van der Waals surface area contributed by atoms with Gasteiger partial charge in [-0.1, -0.05) is 23.9 Å². The summed E-state index contributed by atoms with van der Waals surface area (Å²) in [5.41, 5.74) is 2.42. The van der Waals surface area contributed by atoms with Crippen LogP contribution in [0.5, 0.6) is 0 Å². The van der Waals surface area contributed by atoms with E-state index in [-0.39, 0.29) is 17.9 Å². The normalized spacial score (nSPS) is 14.1. The van der Waals surface area contributed by atoms with Gasteiger partial charge in [0, 0.05) is 47.7 Å². The predicted octanol–water partition coefficient (Wildman–Crippen LogP) is 5.17. The Morgan fingerprint density at radius 2 is 1.65 bits per heavy atom. The van der Waals surface area contributed by atoms with Gasteiger partial charge in [-0.3, -0.25) is 14.6 Å². The SMILES string of the molecule is O=C(NC1CCN(C(=O)c2ccncc2)CC1)c1ccccc1Nc1ccc(SC(F)F)cc1. The zero-order valence-electron chi connectivity index (χ0n) is 18.3. The summed E-state index contributed by atoms with van der Waals surface area (Å²) in [6.45, 7) is 1.13. The lowest BCUT2D eigenvalue weighted by Crippen LogP contribution is -2.46. The number of likely N-dealkylation sites (tertiary alicyclic amines) is 1. The van der Waals surface area contributed by atoms with Crippen molar-refractivity contribution in [2.24, 2.45) is 0 Å². The molecule has 2 heterocycles. The van der Waals surface area contributed by atoms with Crippen molar-refractivity contribution in [3.63, 3.8) is 0 Å². The number of rotatable bonds is 7. The molecule has 1 aliphatic heterocycles. The standard InChI is InChI=1S/C25H24F2N4O2S/c26-25(27)34-20-7-5-18(6-8-20)29-22-4-2-1-3-21(22)23(32)30-19-11-15-31(16-12-19)24(33)17-9-13-28-14-10-17/h1-10,13-14,19,25,29H,11-12,15-16H2,(H,30,32). The van der Waals surface area contributed by atoms with Crippen molar-refractivity contribution in [1.82, 2.24) is 15.2 Å². The van der Waals surface area contributed by atoms with Gasteiger partial charge in [0.1, 0.15) is 0 Å². The van der Waals surface area contributed by atoms with Crippen molar-refractivity contribution in [1.29, 1.82) is 0 Å². The van der Waals surface area contributed by atoms with E-state index in [0.29, 0.717) is 65.1 Å². The molecule has 0 aliphatic carbocycles. The minimum absolute atomic E-state index is 0.0281. The van der Waals surface area contributed by atoms with Crippen molar-refractivity contribution in [2.75, 3.05) is 18.4 Å². The summed E-state index contributed by atoms with van der Waals surface area (Å²) in [6, 6.07) is 17.1. The molecular formula is C25H24F2N4O2S. The number of amides is 2. The van der Waals surface area contributed by atoms with Gasteiger partial charge in [0.15, 0.2) is 0 Å². The molecule has 0 atom stereocenters. The topological polar surface area (TPSA) is 74.3 Å². The van der Waals surface area contributed by atoms with Crippen molar-refractivity contribution in [3.05, 3.63) is 84.2 Å². The molecule has 1 aromatic heterocycles. The maximum Gasteiger partial charge on any atom is 0.288 e. The second-order valence-electron chi connectivity index (χ2n) is 7.85. The second-order valence-corrected chi connectivity index (χ2v) is 8.91. The first-order valence-electron chi connectivity index (χ1n) is 10.9. The molecule has 34 heavy (non-hydrogen) atoms. The Labute approximate surface area is 200 Å². The van der Waals surface area contributed by atoms with Gasteiger partial charge in [-0.25, -0.2) is 0 Å². The number of anilines is 2. The lowest BCUT2D eigenvalue weighted by Gasteiger charge is -2.32. The Kier molecular flexibility index (Phi) is 7.74. The van der Waals surface area contributed by atoms with E-state index >= 15 is 0 Å². The van der Waals surface area contributed by atoms with Gasteiger partial charge < -0.3 is 15.5 Å². The molecule has 2 aromatic carbocycles. The molecule has 9 heteroatoms. The number of carbonyl (C=O) groups is 2. The first-order valence-corrected chi connectivity index (χ1v) is 11.8. The lowest BCUT2D eigenvalue weighted by atomic mass is 10.0. The van der Waals surface area contributed by atoms with Crippen molar-refractivity contribution < 1.29 is 18.4 Å². The average Bonchev–Trinajstić information content (AvgIpc) is 2.86. The average molecular weight is 483 g/mol. The molecule has 1 saturated heterocycles. The van der Waals surface area contributed by atoms with Crippen LogP contribution < -0.4 is 10.6 Å². The number of benzene rings is 2. The smallest absolute Gasteiger partial charge is 0.288 e. The molecule has 0 unspecified atom stereocenters. The quantitative estimate of drug-likeness (QED) is 0.454. The van der Waals surface area contributed by atoms with E-state index in [1.54, 1.807) is 71.9 Å². The molecule has 0 bridgehead atoms. The number of thioether (sulfide) groups is 1. The van der Waals surface area contributed by atoms with E-state index in [0.717, 1.165) is 0 Å². The third kappa shape index (κ3) is 6.11. The fraction of sp³-hybridized carbons (Fsp3) is 0.240. The van der Waals surface area contributed by atoms with Crippen LogP contribution in [0.4, 0.5) is 20.2 Å². The zero-order chi connectivity index (χ0) is 23.9. The van der Waals surface area contributed by atoms with Crippen LogP contribution in [0.15, 0.2) is 78.0 Å². The number of hydrogen-bond acceptors (Lipinski definition) is 5. The molecule has 0 saturated carbocycles. The Morgan fingerprint density at radius 1 is 0.971 bits per heavy atom. The Hall–Kier alpha value is -3.46. The third-order valence-corrected chi connectivity index (χ3v) is 6.30. The van der Waals surface area contributed by atoms with Crippen LogP contribution in [0.2, 0.25) is 0 Å². The summed E-state index contributed by atoms with van der Waals surface area (Å²) >= 11 is 0.489. The Bertz CT molecular complexity index is 1120. The lowest BCUT2D eigenvalue weighted by molar-refractivity contribution is 0.0698. The van der Waals surface area contributed by atoms with Gasteiger partial charge in [-0.2, -0.15) is 8.78 Å². The molecule has 2 amide bonds. The predicted molar refractivity (Wildman–Crippen MR) is 129 cm³/mol. The van der Waals surface area contributed by atoms with Crippen LogP contribution in [0.25, 0.3) is 0 Å². The van der Waals surface area contributed by atoms with Crippen LogP contribution >= 0.6 is 11.8 Å². The minimum Gasteiger partial charge on any atom is -0.355 e. The number of alkyl halides is 2. The maximum atomic E-state index is 13.0. The van der Waals surface area contributed by atoms with E-state index in [2.05, 4.69) is 15.6 Å². The molecule has 6 nitrogen and oxygen atoms in total. The fourth-order valence-corrected chi connectivity index (χ4v) is 4.33. The minimum atomic E-state index is -2.47. The summed E-state index contributed by atoms with van der Waals surface area (Å²) < 4.78 is 25.0. The highest BCUT2D eigenvalue weighted by Crippen LogP contribution is 2.28. The largest absolute Gasteiger partial charge is 0.355 e. The van der Waals surface area contributed by atoms with Crippen LogP contribution in [0.3, 0.4) is 0 Å². The van der Waals surface area contributed by atoms with Crippen molar-refractivity contribution in [3.8, 4) is 0 Å². The highest BCUT2D eigenvalue weighted by molar-refractivity contribution is 7.99. The summed E-state index contributed by atoms with van der Waals surface area (Å²) in [6.07, 6.45) is 4.54. The van der Waals surface area contributed by atoms with Gasteiger partial charge in [0.2, 0.25) is 0 Å². The van der Waals surface area contributed by atoms with E-state index in [1.807, 2.05) is 6.07 Å². The number of nitrogens with zero attached hydrogens (tertiary/aromatic N) is 2. The zero-order valence-corrected chi connectivity index (χ0v) is 19.1. The summed E-state index contributed by atoms with van der Waals surface area (Å²) in [5.74, 6) is -2.70. The number of para-hydroxylation sites is 1. The molecule has 0 radical (unpaired) electrons. The molecular weight excluding hydrogens is 458 g/mol. The first-order chi connectivity index (χ1) is 16.5. The molecule has 0 spiro atoms. The number of carbonyl (C=O) groups excluding carboxylic acids is 2. The van der Waals surface area contributed by atoms with Crippen LogP contribution in [-0.2, 0) is 0 Å². The number of hydrogen-bond donors (Lipinski definition) is 2. The first kappa shape index (κ1) is 23.7. The number of aromatic nitrogens is 1. The Balaban J connectivity index is 1.35. The number of pyridine rings is 1. The molecule has 176 valence electrons. The number of nitrogens with one attached hydrogen (secondary N) is 2. The van der Waals surface area contributed by atoms with E-state index < -0.39 is 5.76 Å². The van der Waals surface area contributed by atoms with Crippen LogP contribution in [0, 0.1) is 0 Å². The maximum absolute atomic E-state index is 13.0. The molecule has 2 N–H and O–H groups in total. The summed E-state index contributed by atoms with van der Waals surface area (Å²) in [4.78, 5) is 31.8. The highest BCUT2D eigenvalue weighted by Gasteiger charge is 2.25. The van der Waals surface area contributed by atoms with Gasteiger partial charge in [-0.15, -0.1) is 0 Å². The second kappa shape index (κ2) is 11.1. The van der Waals surface area contributed by atoms with E-state index in [1.165, 1.54) is 0 Å².